The van der Waals surface area contributed by atoms with E-state index in [1.54, 1.807) is 12.3 Å². The predicted octanol–water partition coefficient (Wildman–Crippen LogP) is 3.74. The largest absolute Gasteiger partial charge is 0.400 e. The molecule has 1 aromatic heterocycles. The Bertz CT molecular complexity index is 1260. The maximum atomic E-state index is 15.0. The highest BCUT2D eigenvalue weighted by molar-refractivity contribution is 9.10. The van der Waals surface area contributed by atoms with Crippen LogP contribution in [0.1, 0.15) is 59.3 Å². The number of hydrogen-bond acceptors (Lipinski definition) is 6. The average molecular weight is 557 g/mol. The highest BCUT2D eigenvalue weighted by atomic mass is 79.9. The first-order valence-electron chi connectivity index (χ1n) is 11.4. The van der Waals surface area contributed by atoms with Crippen molar-refractivity contribution in [3.05, 3.63) is 75.5 Å². The predicted molar refractivity (Wildman–Crippen MR) is 135 cm³/mol. The van der Waals surface area contributed by atoms with Gasteiger partial charge in [-0.1, -0.05) is 22.0 Å². The molecule has 1 saturated carbocycles. The number of aromatic nitrogens is 2. The molecule has 1 atom stereocenters. The average Bonchev–Trinajstić information content (AvgIpc) is 2.82. The van der Waals surface area contributed by atoms with E-state index >= 15 is 4.39 Å². The second-order valence-electron chi connectivity index (χ2n) is 9.01. The maximum Gasteiger partial charge on any atom is 0.254 e. The molecule has 1 fully saturated rings. The molecule has 0 saturated heterocycles. The smallest absolute Gasteiger partial charge is 0.254 e. The van der Waals surface area contributed by atoms with Gasteiger partial charge in [0.15, 0.2) is 0 Å². The van der Waals surface area contributed by atoms with Crippen molar-refractivity contribution in [2.75, 3.05) is 12.3 Å². The molecule has 186 valence electrons. The Morgan fingerprint density at radius 1 is 1.25 bits per heavy atom. The van der Waals surface area contributed by atoms with Gasteiger partial charge in [-0.15, -0.1) is 0 Å². The Kier molecular flexibility index (Phi) is 7.72. The van der Waals surface area contributed by atoms with Crippen molar-refractivity contribution in [2.24, 2.45) is 0 Å². The number of hydrogen-bond donors (Lipinski definition) is 4. The van der Waals surface area contributed by atoms with E-state index in [2.05, 4.69) is 31.2 Å². The van der Waals surface area contributed by atoms with Gasteiger partial charge in [-0.25, -0.2) is 18.7 Å². The van der Waals surface area contributed by atoms with Crippen LogP contribution >= 0.6 is 15.9 Å². The van der Waals surface area contributed by atoms with E-state index in [0.29, 0.717) is 47.0 Å². The quantitative estimate of drug-likeness (QED) is 0.343. The number of aliphatic hydroxyl groups is 2. The number of amides is 1. The number of nitrogens with two attached hydrogens (primary N) is 1. The fourth-order valence-corrected chi connectivity index (χ4v) is 4.81. The van der Waals surface area contributed by atoms with Crippen molar-refractivity contribution in [1.29, 1.82) is 0 Å². The third-order valence-electron chi connectivity index (χ3n) is 6.35. The van der Waals surface area contributed by atoms with Crippen LogP contribution in [0.25, 0.3) is 11.3 Å². The molecule has 1 aliphatic rings. The van der Waals surface area contributed by atoms with Gasteiger partial charge in [0, 0.05) is 21.5 Å². The number of halogens is 3. The number of anilines is 1. The fourth-order valence-electron chi connectivity index (χ4n) is 4.33. The van der Waals surface area contributed by atoms with E-state index in [-0.39, 0.29) is 23.0 Å². The Hall–Kier alpha value is -2.89. The Morgan fingerprint density at radius 3 is 2.61 bits per heavy atom. The molecule has 5 N–H and O–H groups in total. The van der Waals surface area contributed by atoms with Crippen LogP contribution < -0.4 is 11.1 Å². The van der Waals surface area contributed by atoms with Crippen LogP contribution in [0.2, 0.25) is 0 Å². The third kappa shape index (κ3) is 5.91. The Balaban J connectivity index is 1.55. The lowest BCUT2D eigenvalue weighted by Crippen LogP contribution is -2.33. The summed E-state index contributed by atoms with van der Waals surface area (Å²) in [5.41, 5.74) is 6.20. The van der Waals surface area contributed by atoms with Gasteiger partial charge < -0.3 is 21.3 Å². The monoisotopic (exact) mass is 556 g/mol. The van der Waals surface area contributed by atoms with Crippen molar-refractivity contribution in [2.45, 2.75) is 43.1 Å². The first-order valence-corrected chi connectivity index (χ1v) is 12.2. The molecule has 11 heteroatoms. The number of nitrogens with one attached hydrogen (secondary N) is 1. The van der Waals surface area contributed by atoms with E-state index in [9.17, 15) is 19.4 Å². The first kappa shape index (κ1) is 26.2. The molecule has 0 aliphatic heterocycles. The van der Waals surface area contributed by atoms with Crippen LogP contribution in [0.15, 0.2) is 47.1 Å². The number of carbonyl (C=O) groups is 1. The zero-order valence-corrected chi connectivity index (χ0v) is 20.8. The fraction of sp³-hybridized carbons (Fsp3) is 0.320. The zero-order valence-electron chi connectivity index (χ0n) is 19.2. The molecule has 1 aliphatic carbocycles. The minimum Gasteiger partial charge on any atom is -0.400 e. The molecule has 36 heavy (non-hydrogen) atoms. The van der Waals surface area contributed by atoms with Crippen molar-refractivity contribution in [3.63, 3.8) is 0 Å². The summed E-state index contributed by atoms with van der Waals surface area (Å²) in [6.45, 7) is -0.511. The number of aliphatic hydroxyl groups excluding tert-OH is 1. The van der Waals surface area contributed by atoms with Crippen molar-refractivity contribution in [3.8, 4) is 11.3 Å². The molecule has 0 spiro atoms. The molecule has 0 unspecified atom stereocenters. The highest BCUT2D eigenvalue weighted by Gasteiger charge is 2.30. The number of carbonyl (C=O) groups excluding carboxylic acids is 1. The van der Waals surface area contributed by atoms with Crippen LogP contribution in [-0.2, 0) is 0 Å². The van der Waals surface area contributed by atoms with Crippen LogP contribution in [-0.4, -0.2) is 46.0 Å². The number of benzene rings is 2. The molecule has 1 amide bonds. The van der Waals surface area contributed by atoms with Gasteiger partial charge in [-0.2, -0.15) is 0 Å². The number of nitrogen functional groups attached to an aromatic ring is 1. The second kappa shape index (κ2) is 10.6. The molecule has 1 heterocycles. The van der Waals surface area contributed by atoms with Crippen molar-refractivity contribution in [1.82, 2.24) is 15.3 Å². The van der Waals surface area contributed by atoms with E-state index in [0.717, 1.165) is 6.07 Å². The summed E-state index contributed by atoms with van der Waals surface area (Å²) < 4.78 is 29.2. The second-order valence-corrected chi connectivity index (χ2v) is 9.93. The zero-order chi connectivity index (χ0) is 26.0. The van der Waals surface area contributed by atoms with E-state index in [1.807, 2.05) is 0 Å². The standard InChI is InChI=1S/C25H24BBrF2N4O3/c26-25(36)5-3-13(4-6-25)20-11-31-23(30)22(32-20)14-1-2-18(19(29)9-14)24(35)33-21(12-34)15-7-16(27)10-17(28)8-15/h1-2,7-11,13,21,34,36H,3-6,12H2,(H2,30,31)(H,33,35)/t13?,21-,25?/m1/s1. The Morgan fingerprint density at radius 2 is 1.97 bits per heavy atom. The topological polar surface area (TPSA) is 121 Å². The van der Waals surface area contributed by atoms with Gasteiger partial charge in [0.2, 0.25) is 0 Å². The summed E-state index contributed by atoms with van der Waals surface area (Å²) in [6.07, 6.45) is 3.69. The molecular formula is C25H24BBrF2N4O3. The molecule has 2 radical (unpaired) electrons. The molecule has 2 aromatic carbocycles. The lowest BCUT2D eigenvalue weighted by atomic mass is 9.67. The summed E-state index contributed by atoms with van der Waals surface area (Å²) in [5.74, 6) is -2.00. The van der Waals surface area contributed by atoms with Gasteiger partial charge in [0.05, 0.1) is 30.1 Å². The van der Waals surface area contributed by atoms with E-state index in [4.69, 9.17) is 13.6 Å². The van der Waals surface area contributed by atoms with E-state index < -0.39 is 35.7 Å². The van der Waals surface area contributed by atoms with E-state index in [1.165, 1.54) is 24.3 Å². The first-order chi connectivity index (χ1) is 17.1. The number of nitrogens with zero attached hydrogens (tertiary/aromatic N) is 2. The summed E-state index contributed by atoms with van der Waals surface area (Å²) >= 11 is 3.17. The summed E-state index contributed by atoms with van der Waals surface area (Å²) in [6, 6.07) is 6.98. The van der Waals surface area contributed by atoms with Crippen LogP contribution in [0.5, 0.6) is 0 Å². The molecule has 7 nitrogen and oxygen atoms in total. The van der Waals surface area contributed by atoms with Crippen LogP contribution in [0, 0.1) is 11.6 Å². The SMILES string of the molecule is [B]C1(O)CCC(c2cnc(N)c(-c3ccc(C(=O)N[C@H](CO)c4cc(F)cc(Br)c4)c(F)c3)n2)CC1. The summed E-state index contributed by atoms with van der Waals surface area (Å²) in [5, 5.41) is 22.2. The van der Waals surface area contributed by atoms with Crippen LogP contribution in [0.3, 0.4) is 0 Å². The van der Waals surface area contributed by atoms with Crippen molar-refractivity contribution < 1.29 is 23.8 Å². The molecule has 3 aromatic rings. The molecule has 0 bridgehead atoms. The lowest BCUT2D eigenvalue weighted by Gasteiger charge is -2.33. The summed E-state index contributed by atoms with van der Waals surface area (Å²) in [7, 11) is 5.80. The van der Waals surface area contributed by atoms with Gasteiger partial charge in [-0.3, -0.25) is 4.79 Å². The molecule has 4 rings (SSSR count). The minimum absolute atomic E-state index is 0.0360. The third-order valence-corrected chi connectivity index (χ3v) is 6.81. The van der Waals surface area contributed by atoms with Gasteiger partial charge in [0.25, 0.3) is 5.91 Å². The number of rotatable bonds is 6. The van der Waals surface area contributed by atoms with Crippen LogP contribution in [0.4, 0.5) is 14.6 Å². The van der Waals surface area contributed by atoms with Gasteiger partial charge in [0.1, 0.15) is 31.0 Å². The maximum absolute atomic E-state index is 15.0. The minimum atomic E-state index is -1.18. The normalized spacial score (nSPS) is 20.6. The Labute approximate surface area is 216 Å². The molecular weight excluding hydrogens is 533 g/mol. The lowest BCUT2D eigenvalue weighted by molar-refractivity contribution is 0.0784. The van der Waals surface area contributed by atoms with Gasteiger partial charge >= 0.3 is 0 Å². The summed E-state index contributed by atoms with van der Waals surface area (Å²) in [4.78, 5) is 21.6. The van der Waals surface area contributed by atoms with Gasteiger partial charge in [-0.05, 0) is 61.6 Å². The van der Waals surface area contributed by atoms with Crippen molar-refractivity contribution >= 4 is 35.5 Å². The highest BCUT2D eigenvalue weighted by Crippen LogP contribution is 2.37.